The summed E-state index contributed by atoms with van der Waals surface area (Å²) in [5.74, 6) is -0.483. The minimum atomic E-state index is -0.509. The van der Waals surface area contributed by atoms with E-state index in [0.29, 0.717) is 5.56 Å². The Hall–Kier alpha value is -2.24. The third-order valence-corrected chi connectivity index (χ3v) is 1.95. The molecule has 0 fully saturated rings. The zero-order chi connectivity index (χ0) is 10.8. The average Bonchev–Trinajstić information content (AvgIpc) is 2.65. The molecule has 5 nitrogen and oxygen atoms in total. The van der Waals surface area contributed by atoms with Crippen LogP contribution in [0.15, 0.2) is 30.5 Å². The van der Waals surface area contributed by atoms with Gasteiger partial charge in [-0.15, -0.1) is 0 Å². The van der Waals surface area contributed by atoms with Gasteiger partial charge < -0.3 is 0 Å². The van der Waals surface area contributed by atoms with Crippen molar-refractivity contribution in [2.24, 2.45) is 0 Å². The van der Waals surface area contributed by atoms with Gasteiger partial charge >= 0.3 is 0 Å². The maximum Gasteiger partial charge on any atom is 0.269 e. The number of aromatic nitrogens is 2. The van der Waals surface area contributed by atoms with Crippen LogP contribution in [0.5, 0.6) is 0 Å². The molecule has 0 radical (unpaired) electrons. The van der Waals surface area contributed by atoms with E-state index in [2.05, 4.69) is 10.2 Å². The molecule has 0 aliphatic rings. The lowest BCUT2D eigenvalue weighted by Gasteiger charge is -1.95. The molecule has 2 aromatic rings. The van der Waals surface area contributed by atoms with E-state index >= 15 is 0 Å². The standard InChI is InChI=1S/C9H6FN3O2/c10-8-5-11-12-9(8)6-1-3-7(4-2-6)13(14)15/h1-5H,(H,11,12). The summed E-state index contributed by atoms with van der Waals surface area (Å²) in [5, 5.41) is 16.4. The Morgan fingerprint density at radius 3 is 2.47 bits per heavy atom. The second-order valence-electron chi connectivity index (χ2n) is 2.89. The molecule has 0 saturated heterocycles. The molecule has 1 heterocycles. The molecule has 0 atom stereocenters. The summed E-state index contributed by atoms with van der Waals surface area (Å²) in [6, 6.07) is 5.53. The minimum Gasteiger partial charge on any atom is -0.282 e. The first kappa shape index (κ1) is 9.32. The number of benzene rings is 1. The summed E-state index contributed by atoms with van der Waals surface area (Å²) >= 11 is 0. The zero-order valence-electron chi connectivity index (χ0n) is 7.48. The van der Waals surface area contributed by atoms with Gasteiger partial charge in [-0.25, -0.2) is 4.39 Å². The Morgan fingerprint density at radius 2 is 2.00 bits per heavy atom. The molecular weight excluding hydrogens is 201 g/mol. The van der Waals surface area contributed by atoms with Crippen LogP contribution < -0.4 is 0 Å². The highest BCUT2D eigenvalue weighted by Crippen LogP contribution is 2.22. The normalized spacial score (nSPS) is 10.2. The quantitative estimate of drug-likeness (QED) is 0.605. The highest BCUT2D eigenvalue weighted by molar-refractivity contribution is 5.60. The molecular formula is C9H6FN3O2. The maximum absolute atomic E-state index is 13.1. The van der Waals surface area contributed by atoms with Crippen LogP contribution in [0.3, 0.4) is 0 Å². The molecule has 2 rings (SSSR count). The number of non-ortho nitro benzene ring substituents is 1. The number of nitro groups is 1. The predicted molar refractivity (Wildman–Crippen MR) is 50.6 cm³/mol. The second kappa shape index (κ2) is 3.49. The monoisotopic (exact) mass is 207 g/mol. The van der Waals surface area contributed by atoms with Crippen molar-refractivity contribution >= 4 is 5.69 Å². The Kier molecular flexibility index (Phi) is 2.17. The maximum atomic E-state index is 13.1. The van der Waals surface area contributed by atoms with Crippen molar-refractivity contribution in [3.8, 4) is 11.3 Å². The number of hydrogen-bond donors (Lipinski definition) is 1. The van der Waals surface area contributed by atoms with Gasteiger partial charge in [0.25, 0.3) is 5.69 Å². The largest absolute Gasteiger partial charge is 0.282 e. The fourth-order valence-electron chi connectivity index (χ4n) is 1.22. The first-order valence-electron chi connectivity index (χ1n) is 4.12. The van der Waals surface area contributed by atoms with E-state index in [1.165, 1.54) is 24.3 Å². The first-order chi connectivity index (χ1) is 7.18. The molecule has 76 valence electrons. The molecule has 0 amide bonds. The number of hydrogen-bond acceptors (Lipinski definition) is 3. The van der Waals surface area contributed by atoms with E-state index in [0.717, 1.165) is 6.20 Å². The van der Waals surface area contributed by atoms with Crippen LogP contribution in [0.4, 0.5) is 10.1 Å². The van der Waals surface area contributed by atoms with Crippen LogP contribution in [0.1, 0.15) is 0 Å². The van der Waals surface area contributed by atoms with E-state index in [9.17, 15) is 14.5 Å². The predicted octanol–water partition coefficient (Wildman–Crippen LogP) is 2.12. The highest BCUT2D eigenvalue weighted by atomic mass is 19.1. The fourth-order valence-corrected chi connectivity index (χ4v) is 1.22. The lowest BCUT2D eigenvalue weighted by atomic mass is 10.1. The van der Waals surface area contributed by atoms with E-state index in [1.807, 2.05) is 0 Å². The van der Waals surface area contributed by atoms with Crippen LogP contribution in [-0.4, -0.2) is 15.1 Å². The third-order valence-electron chi connectivity index (χ3n) is 1.95. The lowest BCUT2D eigenvalue weighted by Crippen LogP contribution is -1.88. The van der Waals surface area contributed by atoms with Gasteiger partial charge in [-0.05, 0) is 12.1 Å². The van der Waals surface area contributed by atoms with Gasteiger partial charge in [-0.2, -0.15) is 5.10 Å². The van der Waals surface area contributed by atoms with Gasteiger partial charge in [0.1, 0.15) is 5.69 Å². The molecule has 1 aromatic heterocycles. The summed E-state index contributed by atoms with van der Waals surface area (Å²) in [6.07, 6.45) is 1.12. The van der Waals surface area contributed by atoms with Crippen molar-refractivity contribution in [1.29, 1.82) is 0 Å². The van der Waals surface area contributed by atoms with E-state index in [4.69, 9.17) is 0 Å². The lowest BCUT2D eigenvalue weighted by molar-refractivity contribution is -0.384. The smallest absolute Gasteiger partial charge is 0.269 e. The Bertz CT molecular complexity index is 492. The summed E-state index contributed by atoms with van der Waals surface area (Å²) in [6.45, 7) is 0. The van der Waals surface area contributed by atoms with Crippen LogP contribution in [0.25, 0.3) is 11.3 Å². The van der Waals surface area contributed by atoms with Crippen molar-refractivity contribution in [3.05, 3.63) is 46.4 Å². The Balaban J connectivity index is 2.40. The van der Waals surface area contributed by atoms with E-state index in [1.54, 1.807) is 0 Å². The Morgan fingerprint density at radius 1 is 1.33 bits per heavy atom. The van der Waals surface area contributed by atoms with Gasteiger partial charge in [-0.1, -0.05) is 0 Å². The molecule has 0 spiro atoms. The van der Waals surface area contributed by atoms with Crippen molar-refractivity contribution in [1.82, 2.24) is 10.2 Å². The molecule has 0 saturated carbocycles. The highest BCUT2D eigenvalue weighted by Gasteiger charge is 2.10. The van der Waals surface area contributed by atoms with Gasteiger partial charge in [0.2, 0.25) is 0 Å². The number of H-pyrrole nitrogens is 1. The summed E-state index contributed by atoms with van der Waals surface area (Å²) in [5.41, 5.74) is 0.624. The molecule has 6 heteroatoms. The number of halogens is 1. The van der Waals surface area contributed by atoms with Crippen molar-refractivity contribution in [2.45, 2.75) is 0 Å². The Labute approximate surface area is 83.7 Å². The summed E-state index contributed by atoms with van der Waals surface area (Å²) in [7, 11) is 0. The second-order valence-corrected chi connectivity index (χ2v) is 2.89. The molecule has 0 bridgehead atoms. The van der Waals surface area contributed by atoms with Crippen LogP contribution in [-0.2, 0) is 0 Å². The average molecular weight is 207 g/mol. The van der Waals surface area contributed by atoms with Crippen molar-refractivity contribution in [2.75, 3.05) is 0 Å². The third kappa shape index (κ3) is 1.69. The molecule has 15 heavy (non-hydrogen) atoms. The van der Waals surface area contributed by atoms with Gasteiger partial charge in [0.15, 0.2) is 5.82 Å². The first-order valence-corrected chi connectivity index (χ1v) is 4.12. The number of rotatable bonds is 2. The SMILES string of the molecule is O=[N+]([O-])c1ccc(-c2n[nH]cc2F)cc1. The molecule has 0 unspecified atom stereocenters. The molecule has 0 aliphatic carbocycles. The van der Waals surface area contributed by atoms with E-state index < -0.39 is 10.7 Å². The zero-order valence-corrected chi connectivity index (χ0v) is 7.48. The van der Waals surface area contributed by atoms with Crippen LogP contribution in [0, 0.1) is 15.9 Å². The fraction of sp³-hybridized carbons (Fsp3) is 0. The van der Waals surface area contributed by atoms with Gasteiger partial charge in [0.05, 0.1) is 11.1 Å². The topological polar surface area (TPSA) is 71.8 Å². The number of nitro benzene ring substituents is 1. The van der Waals surface area contributed by atoms with Crippen molar-refractivity contribution < 1.29 is 9.31 Å². The summed E-state index contributed by atoms with van der Waals surface area (Å²) < 4.78 is 13.1. The van der Waals surface area contributed by atoms with E-state index in [-0.39, 0.29) is 11.4 Å². The number of nitrogens with zero attached hydrogens (tertiary/aromatic N) is 2. The minimum absolute atomic E-state index is 0.0327. The number of aromatic amines is 1. The van der Waals surface area contributed by atoms with Crippen LogP contribution >= 0.6 is 0 Å². The van der Waals surface area contributed by atoms with Crippen molar-refractivity contribution in [3.63, 3.8) is 0 Å². The summed E-state index contributed by atoms with van der Waals surface area (Å²) in [4.78, 5) is 9.87. The number of nitrogens with one attached hydrogen (secondary N) is 1. The van der Waals surface area contributed by atoms with Crippen LogP contribution in [0.2, 0.25) is 0 Å². The molecule has 0 aliphatic heterocycles. The van der Waals surface area contributed by atoms with Gasteiger partial charge in [0, 0.05) is 17.7 Å². The molecule has 1 aromatic carbocycles. The molecule has 1 N–H and O–H groups in total. The van der Waals surface area contributed by atoms with Gasteiger partial charge in [-0.3, -0.25) is 15.2 Å².